The normalized spacial score (nSPS) is 13.7. The zero-order valence-corrected chi connectivity index (χ0v) is 34.5. The minimum atomic E-state index is -2.73. The molecule has 1 saturated heterocycles. The summed E-state index contributed by atoms with van der Waals surface area (Å²) < 4.78 is 30.0. The first-order chi connectivity index (χ1) is 26.6. The van der Waals surface area contributed by atoms with Gasteiger partial charge in [0.15, 0.2) is 5.75 Å². The quantitative estimate of drug-likeness (QED) is 0.128. The molecule has 0 spiro atoms. The molecule has 294 valence electrons. The van der Waals surface area contributed by atoms with Crippen LogP contribution in [0, 0.1) is 6.92 Å². The Morgan fingerprint density at radius 2 is 1.68 bits per heavy atom. The number of aromatic nitrogens is 2. The number of carbonyl (C=O) groups excluding carboxylic acids is 2. The highest BCUT2D eigenvalue weighted by Crippen LogP contribution is 2.43. The monoisotopic (exact) mass is 777 g/mol. The Morgan fingerprint density at radius 1 is 0.911 bits per heavy atom. The zero-order chi connectivity index (χ0) is 40.2. The molecule has 1 aliphatic heterocycles. The van der Waals surface area contributed by atoms with Crippen molar-refractivity contribution >= 4 is 40.9 Å². The summed E-state index contributed by atoms with van der Waals surface area (Å²) >= 11 is 0. The summed E-state index contributed by atoms with van der Waals surface area (Å²) in [6.45, 7) is 16.2. The SMILES string of the molecule is COc1cc(Cc2ncc3cc(-c4cc(C(=O)Nc5cc(C(C)(C)C)cc(P(C)(C)=O)c5OC)ccc4C)ccc3n2)cc(C(=O)NCCN2CCOCC2)c1. The fraction of sp³-hybridized carbons (Fsp3) is 0.364. The van der Waals surface area contributed by atoms with Gasteiger partial charge in [0.05, 0.1) is 43.9 Å². The maximum Gasteiger partial charge on any atom is 0.255 e. The predicted octanol–water partition coefficient (Wildman–Crippen LogP) is 7.07. The molecule has 1 aromatic heterocycles. The van der Waals surface area contributed by atoms with Crippen LogP contribution in [0.4, 0.5) is 5.69 Å². The van der Waals surface area contributed by atoms with Gasteiger partial charge in [0.25, 0.3) is 11.8 Å². The number of ether oxygens (including phenoxy) is 3. The number of morpholine rings is 1. The number of carbonyl (C=O) groups is 2. The third-order valence-electron chi connectivity index (χ3n) is 10.1. The van der Waals surface area contributed by atoms with Crippen molar-refractivity contribution in [1.82, 2.24) is 20.2 Å². The first-order valence-electron chi connectivity index (χ1n) is 18.9. The second-order valence-electron chi connectivity index (χ2n) is 15.7. The van der Waals surface area contributed by atoms with Crippen molar-refractivity contribution < 1.29 is 28.4 Å². The van der Waals surface area contributed by atoms with Crippen LogP contribution >= 0.6 is 7.14 Å². The Bertz CT molecular complexity index is 2310. The molecule has 4 aromatic carbocycles. The van der Waals surface area contributed by atoms with Crippen molar-refractivity contribution in [3.8, 4) is 22.6 Å². The molecule has 2 N–H and O–H groups in total. The summed E-state index contributed by atoms with van der Waals surface area (Å²) in [6.07, 6.45) is 2.22. The van der Waals surface area contributed by atoms with E-state index in [1.165, 1.54) is 7.11 Å². The third-order valence-corrected chi connectivity index (χ3v) is 11.5. The van der Waals surface area contributed by atoms with E-state index >= 15 is 0 Å². The average Bonchev–Trinajstić information content (AvgIpc) is 3.17. The summed E-state index contributed by atoms with van der Waals surface area (Å²) in [5, 5.41) is 7.53. The van der Waals surface area contributed by atoms with Gasteiger partial charge >= 0.3 is 0 Å². The van der Waals surface area contributed by atoms with Gasteiger partial charge in [0.1, 0.15) is 18.7 Å². The van der Waals surface area contributed by atoms with E-state index in [-0.39, 0.29) is 17.2 Å². The number of aryl methyl sites for hydroxylation is 1. The number of benzene rings is 4. The summed E-state index contributed by atoms with van der Waals surface area (Å²) in [4.78, 5) is 38.7. The Hall–Kier alpha value is -5.09. The van der Waals surface area contributed by atoms with E-state index in [4.69, 9.17) is 19.2 Å². The molecule has 12 heteroatoms. The van der Waals surface area contributed by atoms with Crippen molar-refractivity contribution in [2.24, 2.45) is 0 Å². The highest BCUT2D eigenvalue weighted by Gasteiger charge is 2.26. The molecule has 1 aliphatic rings. The van der Waals surface area contributed by atoms with Gasteiger partial charge in [-0.25, -0.2) is 9.97 Å². The van der Waals surface area contributed by atoms with Crippen LogP contribution in [0.1, 0.15) is 64.0 Å². The molecule has 1 fully saturated rings. The molecule has 0 bridgehead atoms. The van der Waals surface area contributed by atoms with Crippen molar-refractivity contribution in [2.45, 2.75) is 39.5 Å². The van der Waals surface area contributed by atoms with E-state index in [9.17, 15) is 14.2 Å². The molecule has 0 unspecified atom stereocenters. The fourth-order valence-electron chi connectivity index (χ4n) is 6.80. The number of hydrogen-bond donors (Lipinski definition) is 2. The van der Waals surface area contributed by atoms with Crippen LogP contribution in [0.2, 0.25) is 0 Å². The fourth-order valence-corrected chi connectivity index (χ4v) is 7.95. The lowest BCUT2D eigenvalue weighted by molar-refractivity contribution is 0.0383. The number of fused-ring (bicyclic) bond motifs is 1. The van der Waals surface area contributed by atoms with Crippen molar-refractivity contribution in [3.63, 3.8) is 0 Å². The Balaban J connectivity index is 1.20. The van der Waals surface area contributed by atoms with Crippen LogP contribution in [-0.4, -0.2) is 93.6 Å². The van der Waals surface area contributed by atoms with Crippen LogP contribution in [0.5, 0.6) is 11.5 Å². The van der Waals surface area contributed by atoms with Crippen LogP contribution in [-0.2, 0) is 21.1 Å². The first-order valence-corrected chi connectivity index (χ1v) is 21.5. The lowest BCUT2D eigenvalue weighted by atomic mass is 9.86. The maximum absolute atomic E-state index is 13.8. The van der Waals surface area contributed by atoms with Crippen LogP contribution < -0.4 is 25.4 Å². The summed E-state index contributed by atoms with van der Waals surface area (Å²) in [5.41, 5.74) is 6.65. The average molecular weight is 778 g/mol. The lowest BCUT2D eigenvalue weighted by Crippen LogP contribution is -2.41. The third kappa shape index (κ3) is 9.64. The predicted molar refractivity (Wildman–Crippen MR) is 224 cm³/mol. The van der Waals surface area contributed by atoms with Crippen LogP contribution in [0.3, 0.4) is 0 Å². The molecule has 56 heavy (non-hydrogen) atoms. The highest BCUT2D eigenvalue weighted by molar-refractivity contribution is 7.70. The Labute approximate surface area is 329 Å². The van der Waals surface area contributed by atoms with E-state index in [2.05, 4.69) is 41.3 Å². The maximum atomic E-state index is 13.8. The summed E-state index contributed by atoms with van der Waals surface area (Å²) in [6, 6.07) is 20.9. The van der Waals surface area contributed by atoms with Crippen molar-refractivity contribution in [1.29, 1.82) is 0 Å². The number of nitrogens with zero attached hydrogens (tertiary/aromatic N) is 3. The lowest BCUT2D eigenvalue weighted by Gasteiger charge is -2.26. The molecule has 0 aliphatic carbocycles. The van der Waals surface area contributed by atoms with E-state index in [0.29, 0.717) is 52.4 Å². The molecule has 0 radical (unpaired) electrons. The van der Waals surface area contributed by atoms with Gasteiger partial charge in [-0.15, -0.1) is 0 Å². The molecule has 2 amide bonds. The molecule has 6 rings (SSSR count). The van der Waals surface area contributed by atoms with Gasteiger partial charge in [0, 0.05) is 55.3 Å². The number of hydrogen-bond acceptors (Lipinski definition) is 9. The van der Waals surface area contributed by atoms with E-state index < -0.39 is 7.14 Å². The van der Waals surface area contributed by atoms with Gasteiger partial charge in [-0.05, 0) is 108 Å². The number of amides is 2. The standard InChI is InChI=1S/C44H52N5O6P/c1-28-9-10-31(43(51)48-38-25-34(44(2,3)4)26-39(41(38)54-6)56(7,8)52)24-36(28)30-11-12-37-33(22-30)27-46-40(47-37)21-29-19-32(23-35(20-29)53-5)42(50)45-13-14-49-15-17-55-18-16-49/h9-12,19-20,22-27H,13-18,21H2,1-8H3,(H,45,50)(H,48,51). The molecule has 5 aromatic rings. The van der Waals surface area contributed by atoms with E-state index in [1.807, 2.05) is 61.5 Å². The van der Waals surface area contributed by atoms with Crippen molar-refractivity contribution in [2.75, 3.05) is 72.3 Å². The molecule has 11 nitrogen and oxygen atoms in total. The number of nitrogens with one attached hydrogen (secondary N) is 2. The second-order valence-corrected chi connectivity index (χ2v) is 18.9. The van der Waals surface area contributed by atoms with Gasteiger partial charge < -0.3 is 29.4 Å². The second kappa shape index (κ2) is 17.0. The number of methoxy groups -OCH3 is 2. The molecule has 2 heterocycles. The summed E-state index contributed by atoms with van der Waals surface area (Å²) in [7, 11) is 0.383. The smallest absolute Gasteiger partial charge is 0.255 e. The molecular formula is C44H52N5O6P. The van der Waals surface area contributed by atoms with E-state index in [1.54, 1.807) is 38.8 Å². The van der Waals surface area contributed by atoms with Gasteiger partial charge in [-0.3, -0.25) is 14.5 Å². The minimum absolute atomic E-state index is 0.157. The Kier molecular flexibility index (Phi) is 12.3. The first kappa shape index (κ1) is 40.6. The molecule has 0 atom stereocenters. The number of anilines is 1. The molecular weight excluding hydrogens is 725 g/mol. The number of rotatable bonds is 12. The minimum Gasteiger partial charge on any atom is -0.497 e. The van der Waals surface area contributed by atoms with Crippen LogP contribution in [0.25, 0.3) is 22.0 Å². The topological polar surface area (TPSA) is 132 Å². The van der Waals surface area contributed by atoms with E-state index in [0.717, 1.165) is 71.6 Å². The largest absolute Gasteiger partial charge is 0.497 e. The van der Waals surface area contributed by atoms with Gasteiger partial charge in [-0.1, -0.05) is 32.9 Å². The van der Waals surface area contributed by atoms with Gasteiger partial charge in [-0.2, -0.15) is 0 Å². The van der Waals surface area contributed by atoms with Crippen molar-refractivity contribution in [3.05, 3.63) is 107 Å². The Morgan fingerprint density at radius 3 is 2.38 bits per heavy atom. The van der Waals surface area contributed by atoms with Crippen LogP contribution in [0.15, 0.2) is 72.9 Å². The zero-order valence-electron chi connectivity index (χ0n) is 33.6. The summed E-state index contributed by atoms with van der Waals surface area (Å²) in [5.74, 6) is 1.16. The van der Waals surface area contributed by atoms with Gasteiger partial charge in [0.2, 0.25) is 0 Å². The molecule has 0 saturated carbocycles. The highest BCUT2D eigenvalue weighted by atomic mass is 31.2.